The second-order valence-corrected chi connectivity index (χ2v) is 18.6. The van der Waals surface area contributed by atoms with Gasteiger partial charge in [-0.3, -0.25) is 14.4 Å². The van der Waals surface area contributed by atoms with Crippen LogP contribution in [-0.4, -0.2) is 37.1 Å². The quantitative estimate of drug-likeness (QED) is 0.0374. The van der Waals surface area contributed by atoms with Gasteiger partial charge in [-0.05, 0) is 96.3 Å². The fraction of sp³-hybridized carbons (Fsp3) is 0.842. The van der Waals surface area contributed by atoms with E-state index in [4.69, 9.17) is 9.47 Å². The van der Waals surface area contributed by atoms with Gasteiger partial charge in [0.2, 0.25) is 5.91 Å². The highest BCUT2D eigenvalue weighted by Gasteiger charge is 2.17. The van der Waals surface area contributed by atoms with Gasteiger partial charge in [-0.25, -0.2) is 0 Å². The Morgan fingerprint density at radius 2 is 0.571 bits per heavy atom. The van der Waals surface area contributed by atoms with Gasteiger partial charge in [0.15, 0.2) is 0 Å². The van der Waals surface area contributed by atoms with E-state index in [1.807, 2.05) is 0 Å². The van der Waals surface area contributed by atoms with Crippen molar-refractivity contribution in [2.24, 2.45) is 0 Å². The number of carbonyl (C=O) groups is 3. The van der Waals surface area contributed by atoms with Gasteiger partial charge >= 0.3 is 11.9 Å². The van der Waals surface area contributed by atoms with Crippen LogP contribution in [0.5, 0.6) is 0 Å². The molecule has 0 aromatic carbocycles. The summed E-state index contributed by atoms with van der Waals surface area (Å²) in [6.45, 7) is 6.86. The van der Waals surface area contributed by atoms with Gasteiger partial charge in [-0.2, -0.15) is 0 Å². The van der Waals surface area contributed by atoms with Crippen LogP contribution >= 0.6 is 0 Å². The minimum absolute atomic E-state index is 0.0305. The molecule has 0 radical (unpaired) electrons. The molecule has 0 saturated carbocycles. The van der Waals surface area contributed by atoms with Gasteiger partial charge < -0.3 is 14.8 Å². The molecule has 1 amide bonds. The molecule has 0 aliphatic heterocycles. The lowest BCUT2D eigenvalue weighted by Gasteiger charge is -2.19. The van der Waals surface area contributed by atoms with E-state index in [0.29, 0.717) is 19.3 Å². The molecule has 0 aliphatic carbocycles. The first-order valence-corrected chi connectivity index (χ1v) is 27.6. The predicted molar refractivity (Wildman–Crippen MR) is 272 cm³/mol. The Balaban J connectivity index is 4.39. The van der Waals surface area contributed by atoms with E-state index in [9.17, 15) is 14.4 Å². The van der Waals surface area contributed by atoms with Crippen molar-refractivity contribution in [1.29, 1.82) is 0 Å². The van der Waals surface area contributed by atoms with Crippen molar-refractivity contribution in [1.82, 2.24) is 5.32 Å². The summed E-state index contributed by atoms with van der Waals surface area (Å²) < 4.78 is 11.2. The Morgan fingerprint density at radius 3 is 0.857 bits per heavy atom. The molecule has 0 spiro atoms. The number of hydrogen-bond donors (Lipinski definition) is 1. The summed E-state index contributed by atoms with van der Waals surface area (Å²) in [5.41, 5.74) is 0. The lowest BCUT2D eigenvalue weighted by atomic mass is 10.1. The summed E-state index contributed by atoms with van der Waals surface area (Å²) in [6.07, 6.45) is 62.6. The number of amides is 1. The molecule has 0 heterocycles. The summed E-state index contributed by atoms with van der Waals surface area (Å²) in [6, 6.07) is -0.531. The molecule has 1 N–H and O–H groups in total. The lowest BCUT2D eigenvalue weighted by molar-refractivity contribution is -0.149. The van der Waals surface area contributed by atoms with Crippen molar-refractivity contribution >= 4 is 17.8 Å². The molecule has 0 aromatic heterocycles. The standard InChI is InChI=1S/C57H105NO5/c1-4-7-10-13-16-19-22-25-28-31-34-37-40-43-46-49-55(59)58-54(52-62-56(60)50-47-44-41-38-35-32-29-26-23-20-17-14-11-8-5-2)53-63-57(61)51-48-45-42-39-36-33-30-27-24-21-18-15-12-9-6-3/h25-30,54H,4-24,31-53H2,1-3H3,(H,58,59)/b28-25-,29-26-,30-27-. The molecular weight excluding hydrogens is 779 g/mol. The zero-order chi connectivity index (χ0) is 45.8. The van der Waals surface area contributed by atoms with Crippen molar-refractivity contribution in [2.45, 2.75) is 296 Å². The zero-order valence-electron chi connectivity index (χ0n) is 42.2. The molecule has 0 rings (SSSR count). The first kappa shape index (κ1) is 60.6. The van der Waals surface area contributed by atoms with Crippen molar-refractivity contribution in [3.63, 3.8) is 0 Å². The normalized spacial score (nSPS) is 11.8. The Hall–Kier alpha value is -2.37. The lowest BCUT2D eigenvalue weighted by Crippen LogP contribution is -2.42. The Labute approximate surface area is 391 Å². The first-order valence-electron chi connectivity index (χ1n) is 27.6. The van der Waals surface area contributed by atoms with Gasteiger partial charge in [0.05, 0.1) is 6.04 Å². The van der Waals surface area contributed by atoms with E-state index in [0.717, 1.165) is 77.0 Å². The Kier molecular flexibility index (Phi) is 50.3. The molecule has 0 aliphatic rings. The molecule has 368 valence electrons. The number of carbonyl (C=O) groups excluding carboxylic acids is 3. The van der Waals surface area contributed by atoms with Gasteiger partial charge in [0, 0.05) is 19.3 Å². The van der Waals surface area contributed by atoms with Gasteiger partial charge in [0.1, 0.15) is 13.2 Å². The van der Waals surface area contributed by atoms with E-state index >= 15 is 0 Å². The fourth-order valence-electron chi connectivity index (χ4n) is 8.00. The van der Waals surface area contributed by atoms with Crippen LogP contribution < -0.4 is 5.32 Å². The van der Waals surface area contributed by atoms with E-state index in [1.165, 1.54) is 173 Å². The third-order valence-electron chi connectivity index (χ3n) is 12.2. The van der Waals surface area contributed by atoms with Gasteiger partial charge in [0.25, 0.3) is 0 Å². The molecule has 0 fully saturated rings. The van der Waals surface area contributed by atoms with Gasteiger partial charge in [-0.1, -0.05) is 211 Å². The average Bonchev–Trinajstić information content (AvgIpc) is 3.28. The SMILES string of the molecule is CCCCCCCC/C=C\CCCCCCCC(=O)NC(COC(=O)CCCCCCC/C=C\CCCCCCCC)COC(=O)CCCCCCC/C=C\CCCCCCCC. The van der Waals surface area contributed by atoms with Crippen molar-refractivity contribution in [3.05, 3.63) is 36.5 Å². The van der Waals surface area contributed by atoms with Crippen molar-refractivity contribution < 1.29 is 23.9 Å². The van der Waals surface area contributed by atoms with Crippen molar-refractivity contribution in [3.8, 4) is 0 Å². The molecule has 0 unspecified atom stereocenters. The third-order valence-corrected chi connectivity index (χ3v) is 12.2. The highest BCUT2D eigenvalue weighted by molar-refractivity contribution is 5.76. The highest BCUT2D eigenvalue weighted by atomic mass is 16.5. The topological polar surface area (TPSA) is 81.7 Å². The summed E-state index contributed by atoms with van der Waals surface area (Å²) in [5, 5.41) is 3.01. The monoisotopic (exact) mass is 884 g/mol. The van der Waals surface area contributed by atoms with Crippen LogP contribution in [0.1, 0.15) is 290 Å². The van der Waals surface area contributed by atoms with Crippen LogP contribution in [0, 0.1) is 0 Å². The number of hydrogen-bond acceptors (Lipinski definition) is 5. The average molecular weight is 884 g/mol. The van der Waals surface area contributed by atoms with E-state index in [-0.39, 0.29) is 31.1 Å². The smallest absolute Gasteiger partial charge is 0.305 e. The summed E-state index contributed by atoms with van der Waals surface area (Å²) in [7, 11) is 0. The summed E-state index contributed by atoms with van der Waals surface area (Å²) in [5.74, 6) is -0.563. The summed E-state index contributed by atoms with van der Waals surface area (Å²) >= 11 is 0. The highest BCUT2D eigenvalue weighted by Crippen LogP contribution is 2.14. The second kappa shape index (κ2) is 52.3. The maximum absolute atomic E-state index is 12.9. The van der Waals surface area contributed by atoms with E-state index in [2.05, 4.69) is 62.5 Å². The van der Waals surface area contributed by atoms with Crippen LogP contribution in [-0.2, 0) is 23.9 Å². The largest absolute Gasteiger partial charge is 0.463 e. The maximum atomic E-state index is 12.9. The van der Waals surface area contributed by atoms with Gasteiger partial charge in [-0.15, -0.1) is 0 Å². The van der Waals surface area contributed by atoms with E-state index in [1.54, 1.807) is 0 Å². The molecule has 0 aromatic rings. The molecular formula is C57H105NO5. The van der Waals surface area contributed by atoms with E-state index < -0.39 is 6.04 Å². The third kappa shape index (κ3) is 50.5. The number of allylic oxidation sites excluding steroid dienone is 6. The number of unbranched alkanes of at least 4 members (excludes halogenated alkanes) is 33. The fourth-order valence-corrected chi connectivity index (χ4v) is 8.00. The maximum Gasteiger partial charge on any atom is 0.305 e. The first-order chi connectivity index (χ1) is 31.0. The molecule has 0 saturated heterocycles. The minimum Gasteiger partial charge on any atom is -0.463 e. The van der Waals surface area contributed by atoms with Crippen LogP contribution in [0.15, 0.2) is 36.5 Å². The minimum atomic E-state index is -0.531. The second-order valence-electron chi connectivity index (χ2n) is 18.6. The van der Waals surface area contributed by atoms with Crippen LogP contribution in [0.25, 0.3) is 0 Å². The molecule has 6 heteroatoms. The number of ether oxygens (including phenoxy) is 2. The summed E-state index contributed by atoms with van der Waals surface area (Å²) in [4.78, 5) is 38.2. The number of nitrogens with one attached hydrogen (secondary N) is 1. The molecule has 0 bridgehead atoms. The Morgan fingerprint density at radius 1 is 0.333 bits per heavy atom. The molecule has 63 heavy (non-hydrogen) atoms. The predicted octanol–water partition coefficient (Wildman–Crippen LogP) is 17.7. The van der Waals surface area contributed by atoms with Crippen molar-refractivity contribution in [2.75, 3.05) is 13.2 Å². The van der Waals surface area contributed by atoms with Crippen LogP contribution in [0.3, 0.4) is 0 Å². The van der Waals surface area contributed by atoms with Crippen LogP contribution in [0.2, 0.25) is 0 Å². The van der Waals surface area contributed by atoms with Crippen LogP contribution in [0.4, 0.5) is 0 Å². The number of esters is 2. The number of rotatable bonds is 50. The molecule has 6 nitrogen and oxygen atoms in total. The molecule has 0 atom stereocenters. The zero-order valence-corrected chi connectivity index (χ0v) is 42.2. The Bertz CT molecular complexity index is 1010.